The Balaban J connectivity index is 1.95. The minimum atomic E-state index is -3.83. The first-order chi connectivity index (χ1) is 13.6. The molecule has 0 radical (unpaired) electrons. The predicted molar refractivity (Wildman–Crippen MR) is 113 cm³/mol. The number of carbonyl (C=O) groups is 1. The van der Waals surface area contributed by atoms with E-state index in [9.17, 15) is 18.3 Å². The van der Waals surface area contributed by atoms with Gasteiger partial charge >= 0.3 is 0 Å². The number of fused-ring (bicyclic) bond motifs is 1. The third-order valence-corrected chi connectivity index (χ3v) is 8.43. The van der Waals surface area contributed by atoms with Crippen molar-refractivity contribution in [3.63, 3.8) is 0 Å². The molecule has 162 valence electrons. The van der Waals surface area contributed by atoms with Crippen molar-refractivity contribution in [2.75, 3.05) is 26.7 Å². The second-order valence-corrected chi connectivity index (χ2v) is 11.0. The second-order valence-electron chi connectivity index (χ2n) is 8.18. The zero-order valence-electron chi connectivity index (χ0n) is 17.0. The summed E-state index contributed by atoms with van der Waals surface area (Å²) in [7, 11) is -2.05. The molecule has 0 saturated heterocycles. The predicted octanol–water partition coefficient (Wildman–Crippen LogP) is 2.48. The highest BCUT2D eigenvalue weighted by Gasteiger charge is 2.39. The minimum absolute atomic E-state index is 0.0749. The molecule has 0 aromatic heterocycles. The SMILES string of the molecule is C[C@H](CO)N1C[C@H](C)[C@@H](CN(C)C(=O)C2CCC2)Oc2cc(Br)ccc2S1(=O)=O. The van der Waals surface area contributed by atoms with Crippen molar-refractivity contribution in [3.05, 3.63) is 22.7 Å². The summed E-state index contributed by atoms with van der Waals surface area (Å²) in [6.07, 6.45) is 2.58. The van der Waals surface area contributed by atoms with E-state index in [0.717, 1.165) is 19.3 Å². The molecule has 29 heavy (non-hydrogen) atoms. The molecular weight excluding hydrogens is 460 g/mol. The Morgan fingerprint density at radius 3 is 2.69 bits per heavy atom. The van der Waals surface area contributed by atoms with Gasteiger partial charge in [-0.15, -0.1) is 0 Å². The number of halogens is 1. The molecule has 2 aliphatic rings. The van der Waals surface area contributed by atoms with Gasteiger partial charge in [0, 0.05) is 35.9 Å². The number of aliphatic hydroxyl groups is 1. The van der Waals surface area contributed by atoms with Gasteiger partial charge in [-0.2, -0.15) is 4.31 Å². The number of hydrogen-bond donors (Lipinski definition) is 1. The van der Waals surface area contributed by atoms with Gasteiger partial charge in [-0.3, -0.25) is 4.79 Å². The summed E-state index contributed by atoms with van der Waals surface area (Å²) in [5.41, 5.74) is 0. The van der Waals surface area contributed by atoms with Crippen molar-refractivity contribution in [1.29, 1.82) is 0 Å². The average molecular weight is 489 g/mol. The van der Waals surface area contributed by atoms with Crippen LogP contribution < -0.4 is 4.74 Å². The quantitative estimate of drug-likeness (QED) is 0.687. The van der Waals surface area contributed by atoms with Gasteiger partial charge in [-0.25, -0.2) is 8.42 Å². The molecule has 3 rings (SSSR count). The second kappa shape index (κ2) is 8.91. The van der Waals surface area contributed by atoms with Gasteiger partial charge in [-0.05, 0) is 38.0 Å². The van der Waals surface area contributed by atoms with Crippen LogP contribution in [0.2, 0.25) is 0 Å². The van der Waals surface area contributed by atoms with Gasteiger partial charge in [0.05, 0.1) is 13.2 Å². The van der Waals surface area contributed by atoms with Gasteiger partial charge in [-0.1, -0.05) is 29.3 Å². The van der Waals surface area contributed by atoms with Crippen LogP contribution in [-0.4, -0.2) is 67.5 Å². The molecule has 1 fully saturated rings. The van der Waals surface area contributed by atoms with Crippen LogP contribution in [0.3, 0.4) is 0 Å². The van der Waals surface area contributed by atoms with Crippen molar-refractivity contribution in [1.82, 2.24) is 9.21 Å². The van der Waals surface area contributed by atoms with Crippen molar-refractivity contribution in [3.8, 4) is 5.75 Å². The van der Waals surface area contributed by atoms with Gasteiger partial charge < -0.3 is 14.7 Å². The molecule has 1 aromatic carbocycles. The number of hydrogen-bond acceptors (Lipinski definition) is 5. The lowest BCUT2D eigenvalue weighted by Crippen LogP contribution is -2.50. The lowest BCUT2D eigenvalue weighted by Gasteiger charge is -2.38. The molecule has 1 N–H and O–H groups in total. The van der Waals surface area contributed by atoms with E-state index in [4.69, 9.17) is 4.74 Å². The summed E-state index contributed by atoms with van der Waals surface area (Å²) in [5.74, 6) is 0.298. The number of aliphatic hydroxyl groups excluding tert-OH is 1. The summed E-state index contributed by atoms with van der Waals surface area (Å²) in [5, 5.41) is 9.64. The number of likely N-dealkylation sites (N-methyl/N-ethyl adjacent to an activating group) is 1. The smallest absolute Gasteiger partial charge is 0.247 e. The molecule has 1 amide bonds. The Morgan fingerprint density at radius 2 is 2.10 bits per heavy atom. The maximum Gasteiger partial charge on any atom is 0.247 e. The number of sulfonamides is 1. The van der Waals surface area contributed by atoms with Gasteiger partial charge in [0.2, 0.25) is 15.9 Å². The van der Waals surface area contributed by atoms with E-state index >= 15 is 0 Å². The van der Waals surface area contributed by atoms with Crippen LogP contribution in [0.15, 0.2) is 27.6 Å². The first-order valence-corrected chi connectivity index (χ1v) is 12.2. The van der Waals surface area contributed by atoms with Crippen LogP contribution in [0.1, 0.15) is 33.1 Å². The highest BCUT2D eigenvalue weighted by Crippen LogP contribution is 2.35. The molecule has 3 atom stereocenters. The van der Waals surface area contributed by atoms with Crippen LogP contribution in [0.5, 0.6) is 5.75 Å². The lowest BCUT2D eigenvalue weighted by molar-refractivity contribution is -0.138. The Labute approximate surface area is 181 Å². The number of carbonyl (C=O) groups excluding carboxylic acids is 1. The summed E-state index contributed by atoms with van der Waals surface area (Å²) >= 11 is 3.38. The Kier molecular flexibility index (Phi) is 6.92. The largest absolute Gasteiger partial charge is 0.487 e. The molecule has 9 heteroatoms. The third-order valence-electron chi connectivity index (χ3n) is 5.91. The number of rotatable bonds is 5. The number of benzene rings is 1. The fourth-order valence-electron chi connectivity index (χ4n) is 3.74. The maximum atomic E-state index is 13.3. The normalized spacial score (nSPS) is 25.7. The fraction of sp³-hybridized carbons (Fsp3) is 0.650. The van der Waals surface area contributed by atoms with E-state index in [0.29, 0.717) is 11.0 Å². The Morgan fingerprint density at radius 1 is 1.41 bits per heavy atom. The van der Waals surface area contributed by atoms with Crippen molar-refractivity contribution in [2.45, 2.75) is 50.2 Å². The third kappa shape index (κ3) is 4.62. The first-order valence-electron chi connectivity index (χ1n) is 9.99. The summed E-state index contributed by atoms with van der Waals surface area (Å²) in [4.78, 5) is 14.4. The summed E-state index contributed by atoms with van der Waals surface area (Å²) in [6.45, 7) is 3.91. The van der Waals surface area contributed by atoms with E-state index in [1.807, 2.05) is 6.92 Å². The van der Waals surface area contributed by atoms with E-state index in [-0.39, 0.29) is 47.6 Å². The molecular formula is C20H29BrN2O5S. The van der Waals surface area contributed by atoms with Crippen LogP contribution in [0, 0.1) is 11.8 Å². The van der Waals surface area contributed by atoms with E-state index in [2.05, 4.69) is 15.9 Å². The zero-order chi connectivity index (χ0) is 21.3. The van der Waals surface area contributed by atoms with E-state index in [1.165, 1.54) is 10.4 Å². The van der Waals surface area contributed by atoms with E-state index < -0.39 is 16.1 Å². The van der Waals surface area contributed by atoms with Crippen LogP contribution in [-0.2, 0) is 14.8 Å². The van der Waals surface area contributed by atoms with Crippen LogP contribution in [0.25, 0.3) is 0 Å². The Hall–Kier alpha value is -1.16. The lowest BCUT2D eigenvalue weighted by atomic mass is 9.84. The van der Waals surface area contributed by atoms with Gasteiger partial charge in [0.15, 0.2) is 0 Å². The average Bonchev–Trinajstić information content (AvgIpc) is 2.62. The molecule has 0 spiro atoms. The number of amides is 1. The van der Waals surface area contributed by atoms with Crippen molar-refractivity contribution in [2.24, 2.45) is 11.8 Å². The van der Waals surface area contributed by atoms with Crippen LogP contribution in [0.4, 0.5) is 0 Å². The molecule has 0 unspecified atom stereocenters. The van der Waals surface area contributed by atoms with Gasteiger partial charge in [0.25, 0.3) is 0 Å². The van der Waals surface area contributed by atoms with Crippen LogP contribution >= 0.6 is 15.9 Å². The molecule has 1 saturated carbocycles. The number of ether oxygens (including phenoxy) is 1. The highest BCUT2D eigenvalue weighted by molar-refractivity contribution is 9.10. The molecule has 1 heterocycles. The fourth-order valence-corrected chi connectivity index (χ4v) is 5.91. The molecule has 7 nitrogen and oxygen atoms in total. The first kappa shape index (κ1) is 22.5. The van der Waals surface area contributed by atoms with Crippen molar-refractivity contribution < 1.29 is 23.1 Å². The standard InChI is InChI=1S/C20H29BrN2O5S/c1-13-10-23(14(2)12-24)29(26,27)19-8-7-16(21)9-17(19)28-18(13)11-22(3)20(25)15-5-4-6-15/h7-9,13-15,18,24H,4-6,10-12H2,1-3H3/t13-,14+,18+/m0/s1. The van der Waals surface area contributed by atoms with Gasteiger partial charge in [0.1, 0.15) is 16.7 Å². The Bertz CT molecular complexity index is 858. The minimum Gasteiger partial charge on any atom is -0.487 e. The molecule has 1 aliphatic carbocycles. The molecule has 0 bridgehead atoms. The maximum absolute atomic E-state index is 13.3. The molecule has 1 aromatic rings. The van der Waals surface area contributed by atoms with E-state index in [1.54, 1.807) is 31.0 Å². The zero-order valence-corrected chi connectivity index (χ0v) is 19.4. The monoisotopic (exact) mass is 488 g/mol. The summed E-state index contributed by atoms with van der Waals surface area (Å²) < 4.78 is 34.8. The highest BCUT2D eigenvalue weighted by atomic mass is 79.9. The number of nitrogens with zero attached hydrogens (tertiary/aromatic N) is 2. The van der Waals surface area contributed by atoms with Crippen molar-refractivity contribution >= 4 is 31.9 Å². The molecule has 1 aliphatic heterocycles. The summed E-state index contributed by atoms with van der Waals surface area (Å²) in [6, 6.07) is 4.26. The topological polar surface area (TPSA) is 87.2 Å².